The van der Waals surface area contributed by atoms with Crippen LogP contribution in [0.15, 0.2) is 0 Å². The second-order valence-corrected chi connectivity index (χ2v) is 5.58. The number of nitrogens with zero attached hydrogens (tertiary/aromatic N) is 1. The Morgan fingerprint density at radius 3 is 2.78 bits per heavy atom. The minimum absolute atomic E-state index is 0.223. The van der Waals surface area contributed by atoms with Gasteiger partial charge in [-0.3, -0.25) is 4.79 Å². The first-order chi connectivity index (χ1) is 8.75. The number of hydrogen-bond donors (Lipinski definition) is 1. The highest BCUT2D eigenvalue weighted by Gasteiger charge is 2.22. The number of carbonyl (C=O) groups is 1. The second-order valence-electron chi connectivity index (χ2n) is 5.58. The zero-order valence-corrected chi connectivity index (χ0v) is 11.1. The lowest BCUT2D eigenvalue weighted by molar-refractivity contribution is -0.134. The molecule has 0 saturated carbocycles. The Labute approximate surface area is 109 Å². The summed E-state index contributed by atoms with van der Waals surface area (Å²) in [7, 11) is 0. The Bertz CT molecular complexity index is 264. The Kier molecular flexibility index (Phi) is 5.45. The molecule has 2 fully saturated rings. The van der Waals surface area contributed by atoms with Crippen LogP contribution in [-0.4, -0.2) is 48.3 Å². The summed E-state index contributed by atoms with van der Waals surface area (Å²) in [4.78, 5) is 13.8. The molecule has 2 heterocycles. The third-order valence-electron chi connectivity index (χ3n) is 4.09. The summed E-state index contributed by atoms with van der Waals surface area (Å²) < 4.78 is 5.33. The normalized spacial score (nSPS) is 26.3. The molecule has 1 unspecified atom stereocenters. The van der Waals surface area contributed by atoms with Crippen LogP contribution in [-0.2, 0) is 9.53 Å². The smallest absolute Gasteiger partial charge is 0.222 e. The number of aliphatic hydroxyl groups excluding tert-OH is 1. The zero-order chi connectivity index (χ0) is 12.8. The minimum atomic E-state index is -0.307. The fraction of sp³-hybridized carbons (Fsp3) is 0.929. The number of hydrogen-bond acceptors (Lipinski definition) is 3. The van der Waals surface area contributed by atoms with Crippen molar-refractivity contribution in [1.82, 2.24) is 4.90 Å². The van der Waals surface area contributed by atoms with Crippen LogP contribution >= 0.6 is 0 Å². The molecule has 18 heavy (non-hydrogen) atoms. The Morgan fingerprint density at radius 2 is 2.06 bits per heavy atom. The average Bonchev–Trinajstić information content (AvgIpc) is 2.40. The van der Waals surface area contributed by atoms with Gasteiger partial charge in [-0.25, -0.2) is 0 Å². The van der Waals surface area contributed by atoms with Gasteiger partial charge in [-0.1, -0.05) is 0 Å². The summed E-state index contributed by atoms with van der Waals surface area (Å²) in [6.07, 6.45) is 6.54. The predicted octanol–water partition coefficient (Wildman–Crippen LogP) is 1.57. The zero-order valence-electron chi connectivity index (χ0n) is 11.1. The maximum atomic E-state index is 12.0. The van der Waals surface area contributed by atoms with Crippen LogP contribution in [0.4, 0.5) is 0 Å². The Hall–Kier alpha value is -0.610. The van der Waals surface area contributed by atoms with Gasteiger partial charge in [0, 0.05) is 32.7 Å². The van der Waals surface area contributed by atoms with Crippen molar-refractivity contribution in [2.45, 2.75) is 51.0 Å². The molecule has 2 rings (SSSR count). The van der Waals surface area contributed by atoms with E-state index in [1.54, 1.807) is 0 Å². The van der Waals surface area contributed by atoms with E-state index in [4.69, 9.17) is 4.74 Å². The van der Waals surface area contributed by atoms with Crippen molar-refractivity contribution >= 4 is 5.91 Å². The number of aliphatic hydroxyl groups is 1. The number of β-amino-alcohol motifs (C(OH)–C–C–N with tert-alkyl or cyclic N) is 1. The monoisotopic (exact) mass is 255 g/mol. The van der Waals surface area contributed by atoms with Crippen molar-refractivity contribution in [1.29, 1.82) is 0 Å². The molecule has 0 spiro atoms. The third-order valence-corrected chi connectivity index (χ3v) is 4.09. The van der Waals surface area contributed by atoms with E-state index < -0.39 is 0 Å². The van der Waals surface area contributed by atoms with Crippen molar-refractivity contribution in [3.63, 3.8) is 0 Å². The van der Waals surface area contributed by atoms with Crippen LogP contribution in [0.2, 0.25) is 0 Å². The van der Waals surface area contributed by atoms with Crippen molar-refractivity contribution in [2.75, 3.05) is 26.3 Å². The quantitative estimate of drug-likeness (QED) is 0.829. The second kappa shape index (κ2) is 7.10. The molecule has 104 valence electrons. The van der Waals surface area contributed by atoms with Gasteiger partial charge in [-0.2, -0.15) is 0 Å². The number of likely N-dealkylation sites (tertiary alicyclic amines) is 1. The molecule has 1 N–H and O–H groups in total. The van der Waals surface area contributed by atoms with Crippen molar-refractivity contribution in [3.05, 3.63) is 0 Å². The molecule has 2 saturated heterocycles. The third kappa shape index (κ3) is 4.25. The van der Waals surface area contributed by atoms with Gasteiger partial charge in [0.15, 0.2) is 0 Å². The Balaban J connectivity index is 1.61. The summed E-state index contributed by atoms with van der Waals surface area (Å²) in [5.74, 6) is 0.972. The molecule has 0 aliphatic carbocycles. The van der Waals surface area contributed by atoms with Gasteiger partial charge < -0.3 is 14.7 Å². The van der Waals surface area contributed by atoms with Gasteiger partial charge in [0.1, 0.15) is 0 Å². The highest BCUT2D eigenvalue weighted by Crippen LogP contribution is 2.21. The van der Waals surface area contributed by atoms with Crippen LogP contribution < -0.4 is 0 Å². The first kappa shape index (κ1) is 13.8. The van der Waals surface area contributed by atoms with E-state index in [0.29, 0.717) is 13.0 Å². The maximum absolute atomic E-state index is 12.0. The van der Waals surface area contributed by atoms with Gasteiger partial charge in [0.05, 0.1) is 6.10 Å². The van der Waals surface area contributed by atoms with E-state index in [-0.39, 0.29) is 12.0 Å². The van der Waals surface area contributed by atoms with E-state index in [2.05, 4.69) is 0 Å². The first-order valence-electron chi connectivity index (χ1n) is 7.29. The maximum Gasteiger partial charge on any atom is 0.222 e. The Morgan fingerprint density at radius 1 is 1.28 bits per heavy atom. The van der Waals surface area contributed by atoms with E-state index in [1.165, 1.54) is 0 Å². The van der Waals surface area contributed by atoms with Crippen LogP contribution in [0.5, 0.6) is 0 Å². The number of ether oxygens (including phenoxy) is 1. The molecular formula is C14H25NO3. The fourth-order valence-electron chi connectivity index (χ4n) is 2.92. The molecule has 4 heteroatoms. The van der Waals surface area contributed by atoms with E-state index >= 15 is 0 Å². The van der Waals surface area contributed by atoms with Gasteiger partial charge in [0.2, 0.25) is 5.91 Å². The summed E-state index contributed by atoms with van der Waals surface area (Å²) in [5.41, 5.74) is 0. The summed E-state index contributed by atoms with van der Waals surface area (Å²) in [5, 5.41) is 9.55. The van der Waals surface area contributed by atoms with E-state index in [0.717, 1.165) is 64.2 Å². The molecule has 1 amide bonds. The van der Waals surface area contributed by atoms with Crippen LogP contribution in [0.3, 0.4) is 0 Å². The largest absolute Gasteiger partial charge is 0.391 e. The van der Waals surface area contributed by atoms with Crippen molar-refractivity contribution in [3.8, 4) is 0 Å². The molecule has 4 nitrogen and oxygen atoms in total. The minimum Gasteiger partial charge on any atom is -0.391 e. The number of amides is 1. The summed E-state index contributed by atoms with van der Waals surface area (Å²) >= 11 is 0. The lowest BCUT2D eigenvalue weighted by Crippen LogP contribution is -2.42. The molecule has 0 aromatic carbocycles. The van der Waals surface area contributed by atoms with Crippen LogP contribution in [0.25, 0.3) is 0 Å². The van der Waals surface area contributed by atoms with Crippen molar-refractivity contribution in [2.24, 2.45) is 5.92 Å². The lowest BCUT2D eigenvalue weighted by atomic mass is 9.94. The van der Waals surface area contributed by atoms with Crippen LogP contribution in [0, 0.1) is 5.92 Å². The molecule has 0 bridgehead atoms. The number of rotatable bonds is 4. The van der Waals surface area contributed by atoms with Gasteiger partial charge in [-0.15, -0.1) is 0 Å². The number of carbonyl (C=O) groups excluding carboxylic acids is 1. The number of piperidine rings is 1. The first-order valence-corrected chi connectivity index (χ1v) is 7.29. The van der Waals surface area contributed by atoms with E-state index in [9.17, 15) is 9.90 Å². The molecule has 0 aromatic rings. The SMILES string of the molecule is O=C(CCCC1CCOCC1)N1CCCC(O)C1. The standard InChI is InChI=1S/C14H25NO3/c16-13-4-2-8-15(11-13)14(17)5-1-3-12-6-9-18-10-7-12/h12-13,16H,1-11H2. The summed E-state index contributed by atoms with van der Waals surface area (Å²) in [6, 6.07) is 0. The lowest BCUT2D eigenvalue weighted by Gasteiger charge is -2.30. The topological polar surface area (TPSA) is 49.8 Å². The van der Waals surface area contributed by atoms with Gasteiger partial charge >= 0.3 is 0 Å². The highest BCUT2D eigenvalue weighted by atomic mass is 16.5. The molecule has 2 aliphatic heterocycles. The fourth-order valence-corrected chi connectivity index (χ4v) is 2.92. The highest BCUT2D eigenvalue weighted by molar-refractivity contribution is 5.76. The van der Waals surface area contributed by atoms with Gasteiger partial charge in [-0.05, 0) is 44.4 Å². The van der Waals surface area contributed by atoms with E-state index in [1.807, 2.05) is 4.90 Å². The molecule has 0 radical (unpaired) electrons. The average molecular weight is 255 g/mol. The van der Waals surface area contributed by atoms with Gasteiger partial charge in [0.25, 0.3) is 0 Å². The predicted molar refractivity (Wildman–Crippen MR) is 69.2 cm³/mol. The summed E-state index contributed by atoms with van der Waals surface area (Å²) in [6.45, 7) is 3.14. The molecular weight excluding hydrogens is 230 g/mol. The van der Waals surface area contributed by atoms with Crippen LogP contribution in [0.1, 0.15) is 44.9 Å². The molecule has 0 aromatic heterocycles. The molecule has 2 aliphatic rings. The molecule has 1 atom stereocenters. The van der Waals surface area contributed by atoms with Crippen molar-refractivity contribution < 1.29 is 14.6 Å².